The number of anilines is 1. The minimum atomic E-state index is -0.509. The molecular formula is C13H18N4O2S. The molecule has 2 heterocycles. The highest BCUT2D eigenvalue weighted by atomic mass is 32.1. The van der Waals surface area contributed by atoms with Gasteiger partial charge in [0.2, 0.25) is 0 Å². The molecule has 0 aliphatic rings. The maximum atomic E-state index is 11.7. The number of hydrogen-bond acceptors (Lipinski definition) is 6. The van der Waals surface area contributed by atoms with Gasteiger partial charge in [0.25, 0.3) is 0 Å². The van der Waals surface area contributed by atoms with Crippen molar-refractivity contribution in [2.75, 3.05) is 12.8 Å². The molecule has 0 aliphatic carbocycles. The number of methoxy groups -OCH3 is 1. The van der Waals surface area contributed by atoms with Crippen molar-refractivity contribution < 1.29 is 9.53 Å². The Morgan fingerprint density at radius 1 is 1.55 bits per heavy atom. The van der Waals surface area contributed by atoms with Crippen molar-refractivity contribution in [3.8, 4) is 0 Å². The predicted octanol–water partition coefficient (Wildman–Crippen LogP) is 2.27. The Morgan fingerprint density at radius 2 is 2.30 bits per heavy atom. The van der Waals surface area contributed by atoms with Crippen molar-refractivity contribution in [1.29, 1.82) is 0 Å². The van der Waals surface area contributed by atoms with Gasteiger partial charge in [-0.3, -0.25) is 0 Å². The molecule has 2 aromatic heterocycles. The van der Waals surface area contributed by atoms with Crippen molar-refractivity contribution in [1.82, 2.24) is 14.5 Å². The van der Waals surface area contributed by atoms with E-state index in [1.54, 1.807) is 17.5 Å². The van der Waals surface area contributed by atoms with Crippen LogP contribution in [0.15, 0.2) is 11.6 Å². The molecule has 2 N–H and O–H groups in total. The molecule has 0 amide bonds. The van der Waals surface area contributed by atoms with E-state index >= 15 is 0 Å². The second-order valence-corrected chi connectivity index (χ2v) is 5.20. The fourth-order valence-corrected chi connectivity index (χ4v) is 3.02. The van der Waals surface area contributed by atoms with E-state index in [1.165, 1.54) is 7.11 Å². The van der Waals surface area contributed by atoms with Crippen LogP contribution in [0.25, 0.3) is 0 Å². The van der Waals surface area contributed by atoms with Crippen LogP contribution in [-0.4, -0.2) is 27.6 Å². The quantitative estimate of drug-likeness (QED) is 0.855. The standard InChI is InChI=1S/C13H18N4O2S/c1-4-8(12-15-6-7-20-12)17-9(5-2)16-10(11(17)14)13(18)19-3/h6-8H,4-5,14H2,1-3H3. The molecule has 0 saturated carbocycles. The average Bonchev–Trinajstić information content (AvgIpc) is 3.09. The molecule has 0 aliphatic heterocycles. The van der Waals surface area contributed by atoms with Crippen LogP contribution in [0.2, 0.25) is 0 Å². The summed E-state index contributed by atoms with van der Waals surface area (Å²) in [4.78, 5) is 20.4. The highest BCUT2D eigenvalue weighted by molar-refractivity contribution is 7.09. The molecule has 2 rings (SSSR count). The average molecular weight is 294 g/mol. The Labute approximate surface area is 121 Å². The Balaban J connectivity index is 2.54. The van der Waals surface area contributed by atoms with Crippen LogP contribution in [0.3, 0.4) is 0 Å². The molecule has 0 radical (unpaired) electrons. The normalized spacial score (nSPS) is 12.3. The molecule has 7 heteroatoms. The molecule has 2 aromatic rings. The van der Waals surface area contributed by atoms with E-state index in [9.17, 15) is 4.79 Å². The SMILES string of the molecule is CCc1nc(C(=O)OC)c(N)n1C(CC)c1nccs1. The highest BCUT2D eigenvalue weighted by Gasteiger charge is 2.26. The first-order chi connectivity index (χ1) is 9.63. The second kappa shape index (κ2) is 6.04. The van der Waals surface area contributed by atoms with Crippen LogP contribution in [0.5, 0.6) is 0 Å². The van der Waals surface area contributed by atoms with Crippen LogP contribution >= 0.6 is 11.3 Å². The summed E-state index contributed by atoms with van der Waals surface area (Å²) in [6.07, 6.45) is 3.27. The highest BCUT2D eigenvalue weighted by Crippen LogP contribution is 2.30. The van der Waals surface area contributed by atoms with Crippen molar-refractivity contribution in [3.05, 3.63) is 28.1 Å². The van der Waals surface area contributed by atoms with Gasteiger partial charge in [-0.15, -0.1) is 11.3 Å². The number of rotatable bonds is 5. The second-order valence-electron chi connectivity index (χ2n) is 4.27. The first-order valence-corrected chi connectivity index (χ1v) is 7.36. The summed E-state index contributed by atoms with van der Waals surface area (Å²) in [6.45, 7) is 4.04. The Morgan fingerprint density at radius 3 is 2.80 bits per heavy atom. The maximum absolute atomic E-state index is 11.7. The van der Waals surface area contributed by atoms with Crippen LogP contribution in [0, 0.1) is 0 Å². The number of nitrogens with two attached hydrogens (primary N) is 1. The molecule has 1 unspecified atom stereocenters. The summed E-state index contributed by atoms with van der Waals surface area (Å²) >= 11 is 1.57. The molecule has 0 saturated heterocycles. The van der Waals surface area contributed by atoms with Gasteiger partial charge in [-0.2, -0.15) is 0 Å². The summed E-state index contributed by atoms with van der Waals surface area (Å²) in [7, 11) is 1.32. The minimum absolute atomic E-state index is 0.00384. The lowest BCUT2D eigenvalue weighted by molar-refractivity contribution is 0.0595. The molecule has 0 aromatic carbocycles. The molecule has 6 nitrogen and oxygen atoms in total. The molecule has 0 spiro atoms. The first-order valence-electron chi connectivity index (χ1n) is 6.48. The van der Waals surface area contributed by atoms with Gasteiger partial charge in [-0.05, 0) is 6.42 Å². The van der Waals surface area contributed by atoms with Crippen LogP contribution in [-0.2, 0) is 11.2 Å². The fourth-order valence-electron chi connectivity index (χ4n) is 2.20. The number of thiazole rings is 1. The largest absolute Gasteiger partial charge is 0.464 e. The zero-order valence-electron chi connectivity index (χ0n) is 11.8. The Hall–Kier alpha value is -1.89. The van der Waals surface area contributed by atoms with E-state index < -0.39 is 5.97 Å². The van der Waals surface area contributed by atoms with E-state index in [4.69, 9.17) is 10.5 Å². The van der Waals surface area contributed by atoms with E-state index in [0.29, 0.717) is 12.2 Å². The third kappa shape index (κ3) is 2.40. The van der Waals surface area contributed by atoms with Gasteiger partial charge in [-0.1, -0.05) is 13.8 Å². The van der Waals surface area contributed by atoms with Gasteiger partial charge >= 0.3 is 5.97 Å². The number of carbonyl (C=O) groups excluding carboxylic acids is 1. The lowest BCUT2D eigenvalue weighted by Crippen LogP contribution is -2.16. The first kappa shape index (κ1) is 14.5. The lowest BCUT2D eigenvalue weighted by Gasteiger charge is -2.18. The monoisotopic (exact) mass is 294 g/mol. The van der Waals surface area contributed by atoms with E-state index in [0.717, 1.165) is 17.3 Å². The molecule has 0 bridgehead atoms. The van der Waals surface area contributed by atoms with Crippen LogP contribution < -0.4 is 5.73 Å². The molecule has 1 atom stereocenters. The Bertz CT molecular complexity index is 592. The molecule has 20 heavy (non-hydrogen) atoms. The zero-order chi connectivity index (χ0) is 14.7. The zero-order valence-corrected chi connectivity index (χ0v) is 12.6. The maximum Gasteiger partial charge on any atom is 0.360 e. The summed E-state index contributed by atoms with van der Waals surface area (Å²) < 4.78 is 6.62. The van der Waals surface area contributed by atoms with Gasteiger partial charge in [0, 0.05) is 18.0 Å². The number of aryl methyl sites for hydroxylation is 1. The number of ether oxygens (including phenoxy) is 1. The third-order valence-electron chi connectivity index (χ3n) is 3.15. The van der Waals surface area contributed by atoms with Gasteiger partial charge < -0.3 is 15.0 Å². The van der Waals surface area contributed by atoms with E-state index in [1.807, 2.05) is 16.9 Å². The summed E-state index contributed by atoms with van der Waals surface area (Å²) in [5.41, 5.74) is 6.30. The van der Waals surface area contributed by atoms with Crippen molar-refractivity contribution >= 4 is 23.1 Å². The molecular weight excluding hydrogens is 276 g/mol. The predicted molar refractivity (Wildman–Crippen MR) is 77.9 cm³/mol. The number of esters is 1. The smallest absolute Gasteiger partial charge is 0.360 e. The summed E-state index contributed by atoms with van der Waals surface area (Å²) in [5.74, 6) is 0.602. The van der Waals surface area contributed by atoms with E-state index in [-0.39, 0.29) is 11.7 Å². The van der Waals surface area contributed by atoms with Gasteiger partial charge in [0.1, 0.15) is 16.6 Å². The van der Waals surface area contributed by atoms with Gasteiger partial charge in [0.05, 0.1) is 13.2 Å². The summed E-state index contributed by atoms with van der Waals surface area (Å²) in [6, 6.07) is -0.00384. The van der Waals surface area contributed by atoms with Crippen molar-refractivity contribution in [2.24, 2.45) is 0 Å². The van der Waals surface area contributed by atoms with Crippen molar-refractivity contribution in [2.45, 2.75) is 32.7 Å². The Kier molecular flexibility index (Phi) is 4.39. The van der Waals surface area contributed by atoms with Gasteiger partial charge in [-0.25, -0.2) is 14.8 Å². The number of carbonyl (C=O) groups is 1. The number of imidazole rings is 1. The van der Waals surface area contributed by atoms with Crippen LogP contribution in [0.4, 0.5) is 5.82 Å². The molecule has 108 valence electrons. The van der Waals surface area contributed by atoms with Crippen molar-refractivity contribution in [3.63, 3.8) is 0 Å². The number of nitrogens with zero attached hydrogens (tertiary/aromatic N) is 3. The van der Waals surface area contributed by atoms with Gasteiger partial charge in [0.15, 0.2) is 5.69 Å². The lowest BCUT2D eigenvalue weighted by atomic mass is 10.2. The summed E-state index contributed by atoms with van der Waals surface area (Å²) in [5, 5.41) is 2.89. The van der Waals surface area contributed by atoms with E-state index in [2.05, 4.69) is 16.9 Å². The molecule has 0 fully saturated rings. The topological polar surface area (TPSA) is 83.0 Å². The third-order valence-corrected chi connectivity index (χ3v) is 4.03. The number of aromatic nitrogens is 3. The number of nitrogen functional groups attached to an aromatic ring is 1. The number of hydrogen-bond donors (Lipinski definition) is 1. The fraction of sp³-hybridized carbons (Fsp3) is 0.462. The van der Waals surface area contributed by atoms with Crippen LogP contribution in [0.1, 0.15) is 47.6 Å². The minimum Gasteiger partial charge on any atom is -0.464 e.